The molecule has 2 unspecified atom stereocenters. The van der Waals surface area contributed by atoms with E-state index in [0.717, 1.165) is 6.54 Å². The predicted octanol–water partition coefficient (Wildman–Crippen LogP) is 2.45. The van der Waals surface area contributed by atoms with Gasteiger partial charge >= 0.3 is 0 Å². The van der Waals surface area contributed by atoms with Crippen molar-refractivity contribution in [2.75, 3.05) is 6.54 Å². The molecule has 0 spiro atoms. The summed E-state index contributed by atoms with van der Waals surface area (Å²) >= 11 is 0. The Bertz CT molecular complexity index is 251. The molecule has 0 radical (unpaired) electrons. The highest BCUT2D eigenvalue weighted by Gasteiger charge is 2.23. The molecule has 1 aliphatic heterocycles. The second kappa shape index (κ2) is 6.49. The molecule has 1 heterocycles. The number of likely N-dealkylation sites (tertiary alicyclic amines) is 1. The van der Waals surface area contributed by atoms with Crippen LogP contribution in [0.15, 0.2) is 0 Å². The third kappa shape index (κ3) is 5.21. The lowest BCUT2D eigenvalue weighted by Crippen LogP contribution is -2.43. The van der Waals surface area contributed by atoms with Gasteiger partial charge in [-0.2, -0.15) is 0 Å². The first-order valence-electron chi connectivity index (χ1n) is 5.88. The molecule has 1 N–H and O–H groups in total. The minimum Gasteiger partial charge on any atom is -0.378 e. The molecule has 0 aromatic carbocycles. The number of halogens is 1. The maximum absolute atomic E-state index is 9.49. The second-order valence-electron chi connectivity index (χ2n) is 5.16. The van der Waals surface area contributed by atoms with Crippen LogP contribution in [0, 0.1) is 11.8 Å². The van der Waals surface area contributed by atoms with Gasteiger partial charge in [0.05, 0.1) is 6.54 Å². The van der Waals surface area contributed by atoms with E-state index in [4.69, 9.17) is 0 Å². The summed E-state index contributed by atoms with van der Waals surface area (Å²) in [5, 5.41) is 9.49. The van der Waals surface area contributed by atoms with Crippen LogP contribution in [-0.4, -0.2) is 34.2 Å². The summed E-state index contributed by atoms with van der Waals surface area (Å²) in [7, 11) is 0. The maximum Gasteiger partial charge on any atom is 0.120 e. The molecule has 1 aliphatic rings. The predicted molar refractivity (Wildman–Crippen MR) is 70.8 cm³/mol. The molecule has 1 saturated heterocycles. The minimum absolute atomic E-state index is 0. The molecule has 2 atom stereocenters. The van der Waals surface area contributed by atoms with E-state index in [2.05, 4.69) is 30.6 Å². The van der Waals surface area contributed by atoms with Crippen molar-refractivity contribution in [3.8, 4) is 11.8 Å². The van der Waals surface area contributed by atoms with Gasteiger partial charge in [-0.3, -0.25) is 4.90 Å². The fourth-order valence-corrected chi connectivity index (χ4v) is 2.13. The third-order valence-electron chi connectivity index (χ3n) is 3.03. The molecule has 94 valence electrons. The van der Waals surface area contributed by atoms with Crippen molar-refractivity contribution in [3.05, 3.63) is 0 Å². The highest BCUT2D eigenvalue weighted by molar-refractivity contribution is 5.85. The fraction of sp³-hybridized carbons (Fsp3) is 0.846. The zero-order chi connectivity index (χ0) is 11.5. The summed E-state index contributed by atoms with van der Waals surface area (Å²) < 4.78 is 0. The van der Waals surface area contributed by atoms with Crippen molar-refractivity contribution in [1.29, 1.82) is 0 Å². The van der Waals surface area contributed by atoms with Gasteiger partial charge in [0.25, 0.3) is 0 Å². The van der Waals surface area contributed by atoms with E-state index < -0.39 is 5.60 Å². The Morgan fingerprint density at radius 1 is 1.25 bits per heavy atom. The number of rotatable bonds is 1. The molecule has 1 fully saturated rings. The Hall–Kier alpha value is -0.230. The SMILES string of the molecule is CC1CCCC(C)N1CC#CC(C)(C)O.Cl. The fourth-order valence-electron chi connectivity index (χ4n) is 2.13. The van der Waals surface area contributed by atoms with Gasteiger partial charge in [-0.05, 0) is 40.5 Å². The van der Waals surface area contributed by atoms with Crippen LogP contribution in [0.4, 0.5) is 0 Å². The summed E-state index contributed by atoms with van der Waals surface area (Å²) in [6.07, 6.45) is 3.88. The van der Waals surface area contributed by atoms with E-state index >= 15 is 0 Å². The molecular formula is C13H24ClNO. The Morgan fingerprint density at radius 3 is 2.19 bits per heavy atom. The van der Waals surface area contributed by atoms with E-state index in [0.29, 0.717) is 12.1 Å². The first-order chi connectivity index (χ1) is 6.90. The van der Waals surface area contributed by atoms with Crippen molar-refractivity contribution in [1.82, 2.24) is 4.90 Å². The first kappa shape index (κ1) is 15.8. The standard InChI is InChI=1S/C13H23NO.ClH/c1-11-7-5-8-12(2)14(11)10-6-9-13(3,4)15;/h11-12,15H,5,7-8,10H2,1-4H3;1H. The molecule has 16 heavy (non-hydrogen) atoms. The molecule has 1 rings (SSSR count). The van der Waals surface area contributed by atoms with Crippen molar-refractivity contribution in [2.45, 2.75) is 64.6 Å². The van der Waals surface area contributed by atoms with E-state index in [1.807, 2.05) is 0 Å². The van der Waals surface area contributed by atoms with Crippen LogP contribution in [0.1, 0.15) is 47.0 Å². The molecule has 0 aliphatic carbocycles. The van der Waals surface area contributed by atoms with Crippen molar-refractivity contribution in [3.63, 3.8) is 0 Å². The average Bonchev–Trinajstić information content (AvgIpc) is 2.08. The summed E-state index contributed by atoms with van der Waals surface area (Å²) in [4.78, 5) is 2.43. The third-order valence-corrected chi connectivity index (χ3v) is 3.03. The van der Waals surface area contributed by atoms with Gasteiger partial charge in [0.2, 0.25) is 0 Å². The van der Waals surface area contributed by atoms with Gasteiger partial charge in [-0.15, -0.1) is 12.4 Å². The summed E-state index contributed by atoms with van der Waals surface area (Å²) in [6, 6.07) is 1.26. The van der Waals surface area contributed by atoms with Crippen LogP contribution < -0.4 is 0 Å². The maximum atomic E-state index is 9.49. The van der Waals surface area contributed by atoms with Crippen LogP contribution in [0.3, 0.4) is 0 Å². The van der Waals surface area contributed by atoms with Crippen molar-refractivity contribution >= 4 is 12.4 Å². The van der Waals surface area contributed by atoms with Gasteiger partial charge in [-0.1, -0.05) is 18.3 Å². The van der Waals surface area contributed by atoms with Crippen molar-refractivity contribution in [2.24, 2.45) is 0 Å². The average molecular weight is 246 g/mol. The van der Waals surface area contributed by atoms with Crippen LogP contribution in [0.25, 0.3) is 0 Å². The molecule has 3 heteroatoms. The Labute approximate surface area is 106 Å². The number of nitrogens with zero attached hydrogens (tertiary/aromatic N) is 1. The highest BCUT2D eigenvalue weighted by Crippen LogP contribution is 2.21. The lowest BCUT2D eigenvalue weighted by atomic mass is 9.97. The van der Waals surface area contributed by atoms with Crippen LogP contribution in [0.5, 0.6) is 0 Å². The number of hydrogen-bond donors (Lipinski definition) is 1. The minimum atomic E-state index is -0.859. The van der Waals surface area contributed by atoms with Gasteiger partial charge in [0.1, 0.15) is 5.60 Å². The highest BCUT2D eigenvalue weighted by atomic mass is 35.5. The summed E-state index contributed by atoms with van der Waals surface area (Å²) in [5.74, 6) is 5.96. The Balaban J connectivity index is 0.00000225. The second-order valence-corrected chi connectivity index (χ2v) is 5.16. The van der Waals surface area contributed by atoms with E-state index in [1.165, 1.54) is 19.3 Å². The Morgan fingerprint density at radius 2 is 1.75 bits per heavy atom. The van der Waals surface area contributed by atoms with Gasteiger partial charge in [-0.25, -0.2) is 0 Å². The van der Waals surface area contributed by atoms with E-state index in [9.17, 15) is 5.11 Å². The number of aliphatic hydroxyl groups is 1. The topological polar surface area (TPSA) is 23.5 Å². The van der Waals surface area contributed by atoms with Crippen LogP contribution in [0.2, 0.25) is 0 Å². The zero-order valence-corrected chi connectivity index (χ0v) is 11.6. The lowest BCUT2D eigenvalue weighted by Gasteiger charge is -2.37. The van der Waals surface area contributed by atoms with E-state index in [1.54, 1.807) is 13.8 Å². The quantitative estimate of drug-likeness (QED) is 0.718. The molecule has 0 aromatic rings. The first-order valence-corrected chi connectivity index (χ1v) is 5.88. The number of hydrogen-bond acceptors (Lipinski definition) is 2. The normalized spacial score (nSPS) is 26.6. The van der Waals surface area contributed by atoms with Gasteiger partial charge in [0, 0.05) is 12.1 Å². The molecule has 0 amide bonds. The van der Waals surface area contributed by atoms with Gasteiger partial charge in [0.15, 0.2) is 0 Å². The largest absolute Gasteiger partial charge is 0.378 e. The van der Waals surface area contributed by atoms with Crippen LogP contribution >= 0.6 is 12.4 Å². The smallest absolute Gasteiger partial charge is 0.120 e. The molecule has 0 bridgehead atoms. The molecule has 0 aromatic heterocycles. The summed E-state index contributed by atoms with van der Waals surface area (Å²) in [6.45, 7) is 8.77. The molecule has 0 saturated carbocycles. The van der Waals surface area contributed by atoms with Crippen molar-refractivity contribution < 1.29 is 5.11 Å². The zero-order valence-electron chi connectivity index (χ0n) is 10.8. The lowest BCUT2D eigenvalue weighted by molar-refractivity contribution is 0.120. The molecule has 2 nitrogen and oxygen atoms in total. The monoisotopic (exact) mass is 245 g/mol. The van der Waals surface area contributed by atoms with Gasteiger partial charge < -0.3 is 5.11 Å². The Kier molecular flexibility index (Phi) is 6.40. The van der Waals surface area contributed by atoms with E-state index in [-0.39, 0.29) is 12.4 Å². The van der Waals surface area contributed by atoms with Crippen LogP contribution in [-0.2, 0) is 0 Å². The summed E-state index contributed by atoms with van der Waals surface area (Å²) in [5.41, 5.74) is -0.859. The number of piperidine rings is 1. The molecular weight excluding hydrogens is 222 g/mol.